The van der Waals surface area contributed by atoms with Crippen molar-refractivity contribution in [3.63, 3.8) is 0 Å². The third-order valence-corrected chi connectivity index (χ3v) is 10.0. The van der Waals surface area contributed by atoms with Crippen molar-refractivity contribution in [1.29, 1.82) is 0 Å². The van der Waals surface area contributed by atoms with Crippen molar-refractivity contribution in [3.05, 3.63) is 152 Å². The summed E-state index contributed by atoms with van der Waals surface area (Å²) in [6.45, 7) is 0. The van der Waals surface area contributed by atoms with E-state index >= 15 is 0 Å². The van der Waals surface area contributed by atoms with Gasteiger partial charge < -0.3 is 0 Å². The Morgan fingerprint density at radius 2 is 1.14 bits per heavy atom. The fraction of sp³-hybridized carbons (Fsp3) is 0.0303. The van der Waals surface area contributed by atoms with Crippen LogP contribution in [-0.4, -0.2) is 32.0 Å². The second-order valence-corrected chi connectivity index (χ2v) is 12.4. The van der Waals surface area contributed by atoms with Crippen LogP contribution in [0.25, 0.3) is 6.08 Å². The van der Waals surface area contributed by atoms with E-state index in [1.54, 1.807) is 12.1 Å². The summed E-state index contributed by atoms with van der Waals surface area (Å²) in [4.78, 5) is 28.3. The quantitative estimate of drug-likeness (QED) is 0.125. The molecule has 0 saturated heterocycles. The number of nitrogens with zero attached hydrogens (tertiary/aromatic N) is 1. The maximum absolute atomic E-state index is 12.9. The average molecular weight is 591 g/mol. The summed E-state index contributed by atoms with van der Waals surface area (Å²) in [5.74, 6) is -0.169. The summed E-state index contributed by atoms with van der Waals surface area (Å²) in [6, 6.07) is 39.3. The van der Waals surface area contributed by atoms with Gasteiger partial charge in [0.1, 0.15) is 0 Å². The molecule has 0 atom stereocenters. The molecule has 7 rings (SSSR count). The van der Waals surface area contributed by atoms with E-state index in [0.717, 1.165) is 3.58 Å². The number of rotatable bonds is 3. The number of allylic oxidation sites excluding steroid dienone is 1. The van der Waals surface area contributed by atoms with E-state index in [1.165, 1.54) is 31.8 Å². The number of fused-ring (bicyclic) bond motifs is 3. The van der Waals surface area contributed by atoms with Crippen LogP contribution < -0.4 is 4.90 Å². The summed E-state index contributed by atoms with van der Waals surface area (Å²) in [6.07, 6.45) is 1.84. The molecule has 1 aliphatic carbocycles. The van der Waals surface area contributed by atoms with Crippen molar-refractivity contribution in [1.82, 2.24) is 0 Å². The van der Waals surface area contributed by atoms with Gasteiger partial charge in [-0.1, -0.05) is 0 Å². The molecule has 176 valence electrons. The molecule has 0 N–H and O–H groups in total. The molecule has 4 heteroatoms. The van der Waals surface area contributed by atoms with Crippen LogP contribution in [-0.2, 0) is 0 Å². The molecular formula is C33H21NO2Te. The van der Waals surface area contributed by atoms with Gasteiger partial charge in [-0.3, -0.25) is 0 Å². The molecule has 0 saturated carbocycles. The Morgan fingerprint density at radius 1 is 0.595 bits per heavy atom. The van der Waals surface area contributed by atoms with Gasteiger partial charge in [0, 0.05) is 0 Å². The molecule has 0 spiro atoms. The number of benzene rings is 4. The van der Waals surface area contributed by atoms with E-state index in [4.69, 9.17) is 0 Å². The predicted octanol–water partition coefficient (Wildman–Crippen LogP) is 7.17. The number of carbonyl (C=O) groups excluding carboxylic acids is 2. The number of Topliss-reactive ketones (excluding diaryl/α,β-unsaturated/α-hetero) is 2. The summed E-state index contributed by atoms with van der Waals surface area (Å²) in [7, 11) is 0. The van der Waals surface area contributed by atoms with Crippen molar-refractivity contribution in [2.75, 3.05) is 4.90 Å². The molecule has 37 heavy (non-hydrogen) atoms. The van der Waals surface area contributed by atoms with Gasteiger partial charge in [-0.25, -0.2) is 0 Å². The molecule has 0 fully saturated rings. The first kappa shape index (κ1) is 22.2. The minimum absolute atomic E-state index is 0.161. The van der Waals surface area contributed by atoms with Gasteiger partial charge in [0.15, 0.2) is 0 Å². The van der Waals surface area contributed by atoms with Crippen molar-refractivity contribution in [2.45, 2.75) is 5.92 Å². The second-order valence-electron chi connectivity index (χ2n) is 9.23. The topological polar surface area (TPSA) is 37.4 Å². The number of hydrogen-bond donors (Lipinski definition) is 0. The molecule has 0 unspecified atom stereocenters. The van der Waals surface area contributed by atoms with E-state index < -0.39 is 20.4 Å². The van der Waals surface area contributed by atoms with Gasteiger partial charge in [0.2, 0.25) is 0 Å². The van der Waals surface area contributed by atoms with Gasteiger partial charge in [-0.05, 0) is 0 Å². The molecular weight excluding hydrogens is 570 g/mol. The van der Waals surface area contributed by atoms with Crippen molar-refractivity contribution < 1.29 is 9.59 Å². The number of ketones is 2. The molecule has 0 bridgehead atoms. The van der Waals surface area contributed by atoms with Crippen molar-refractivity contribution in [3.8, 4) is 0 Å². The summed E-state index contributed by atoms with van der Waals surface area (Å²) in [5, 5.41) is 0. The number of hydrogen-bond acceptors (Lipinski definition) is 3. The Bertz CT molecular complexity index is 1650. The SMILES string of the molecule is O=C1C(=Cc2ccc(N3c4ccccc4C(c4ccccc4)c4ccccc43)[te]2)C(=O)c2ccccc21. The van der Waals surface area contributed by atoms with Crippen LogP contribution in [0.1, 0.15) is 46.9 Å². The molecule has 5 aromatic rings. The number of para-hydroxylation sites is 2. The molecule has 2 aliphatic rings. The Hall–Kier alpha value is -3.97. The molecule has 0 radical (unpaired) electrons. The normalized spacial score (nSPS) is 14.4. The van der Waals surface area contributed by atoms with Crippen LogP contribution in [0, 0.1) is 0 Å². The molecule has 0 amide bonds. The zero-order valence-corrected chi connectivity index (χ0v) is 22.1. The first-order valence-corrected chi connectivity index (χ1v) is 14.6. The maximum atomic E-state index is 12.9. The Morgan fingerprint density at radius 3 is 1.76 bits per heavy atom. The standard InChI is InChI=1S/C33H21NO2Te/c35-32-23-12-4-5-13-24(23)33(36)27(32)20-22-18-19-30(37-22)34-28-16-8-6-14-25(28)31(21-10-2-1-3-11-21)26-15-7-9-17-29(26)34/h1-20,31H. The number of anilines is 3. The fourth-order valence-corrected chi connectivity index (χ4v) is 8.29. The summed E-state index contributed by atoms with van der Waals surface area (Å²) < 4.78 is 2.34. The number of carbonyl (C=O) groups is 2. The predicted molar refractivity (Wildman–Crippen MR) is 149 cm³/mol. The van der Waals surface area contributed by atoms with Gasteiger partial charge >= 0.3 is 226 Å². The zero-order chi connectivity index (χ0) is 24.9. The van der Waals surface area contributed by atoms with Gasteiger partial charge in [0.25, 0.3) is 0 Å². The third kappa shape index (κ3) is 3.56. The third-order valence-electron chi connectivity index (χ3n) is 7.14. The van der Waals surface area contributed by atoms with Crippen LogP contribution in [0.2, 0.25) is 0 Å². The van der Waals surface area contributed by atoms with E-state index in [9.17, 15) is 9.59 Å². The Kier molecular flexibility index (Phi) is 5.32. The van der Waals surface area contributed by atoms with Crippen molar-refractivity contribution >= 4 is 53.2 Å². The molecule has 1 aromatic heterocycles. The van der Waals surface area contributed by atoms with E-state index in [1.807, 2.05) is 18.2 Å². The first-order valence-electron chi connectivity index (χ1n) is 12.2. The van der Waals surface area contributed by atoms with Crippen LogP contribution in [0.4, 0.5) is 15.1 Å². The Labute approximate surface area is 224 Å². The molecule has 2 heterocycles. The van der Waals surface area contributed by atoms with Gasteiger partial charge in [-0.15, -0.1) is 0 Å². The van der Waals surface area contributed by atoms with Crippen LogP contribution >= 0.6 is 0 Å². The molecule has 1 aliphatic heterocycles. The summed E-state index contributed by atoms with van der Waals surface area (Å²) >= 11 is -0.829. The first-order chi connectivity index (χ1) is 18.2. The van der Waals surface area contributed by atoms with Gasteiger partial charge in [-0.2, -0.15) is 0 Å². The van der Waals surface area contributed by atoms with Crippen LogP contribution in [0.5, 0.6) is 0 Å². The van der Waals surface area contributed by atoms with E-state index in [0.29, 0.717) is 11.1 Å². The minimum atomic E-state index is -0.829. The average Bonchev–Trinajstić information content (AvgIpc) is 3.51. The zero-order valence-electron chi connectivity index (χ0n) is 19.8. The van der Waals surface area contributed by atoms with Crippen LogP contribution in [0.15, 0.2) is 121 Å². The Balaban J connectivity index is 1.33. The second kappa shape index (κ2) is 8.85. The van der Waals surface area contributed by atoms with E-state index in [2.05, 4.69) is 95.9 Å². The summed E-state index contributed by atoms with van der Waals surface area (Å²) in [5.41, 5.74) is 7.53. The van der Waals surface area contributed by atoms with E-state index in [-0.39, 0.29) is 23.1 Å². The van der Waals surface area contributed by atoms with Gasteiger partial charge in [0.05, 0.1) is 0 Å². The molecule has 4 aromatic carbocycles. The van der Waals surface area contributed by atoms with Crippen molar-refractivity contribution in [2.24, 2.45) is 0 Å². The fourth-order valence-electron chi connectivity index (χ4n) is 5.50. The molecule has 3 nitrogen and oxygen atoms in total. The van der Waals surface area contributed by atoms with Crippen LogP contribution in [0.3, 0.4) is 0 Å². The monoisotopic (exact) mass is 593 g/mol.